The van der Waals surface area contributed by atoms with Gasteiger partial charge in [0.15, 0.2) is 0 Å². The van der Waals surface area contributed by atoms with Crippen molar-refractivity contribution in [2.45, 2.75) is 39.7 Å². The van der Waals surface area contributed by atoms with Gasteiger partial charge in [-0.2, -0.15) is 0 Å². The minimum atomic E-state index is 0.435. The number of hydrogen-bond donors (Lipinski definition) is 2. The Balaban J connectivity index is 3.71. The molecular weight excluding hydrogens is 148 g/mol. The van der Waals surface area contributed by atoms with Crippen LogP contribution in [0.3, 0.4) is 0 Å². The van der Waals surface area contributed by atoms with Crippen LogP contribution in [0.25, 0.3) is 0 Å². The van der Waals surface area contributed by atoms with Gasteiger partial charge in [-0.05, 0) is 26.3 Å². The fourth-order valence-electron chi connectivity index (χ4n) is 1.18. The Kier molecular flexibility index (Phi) is 6.87. The van der Waals surface area contributed by atoms with E-state index in [9.17, 15) is 0 Å². The van der Waals surface area contributed by atoms with E-state index < -0.39 is 0 Å². The van der Waals surface area contributed by atoms with E-state index >= 15 is 0 Å². The van der Waals surface area contributed by atoms with Crippen LogP contribution in [0.15, 0.2) is 12.3 Å². The van der Waals surface area contributed by atoms with Gasteiger partial charge in [-0.1, -0.05) is 20.4 Å². The lowest BCUT2D eigenvalue weighted by Gasteiger charge is -2.19. The molecule has 0 rings (SSSR count). The maximum Gasteiger partial charge on any atom is 0.0460 e. The first-order valence-electron chi connectivity index (χ1n) is 4.92. The molecule has 12 heavy (non-hydrogen) atoms. The van der Waals surface area contributed by atoms with Crippen LogP contribution in [0.5, 0.6) is 0 Å². The maximum atomic E-state index is 3.99. The summed E-state index contributed by atoms with van der Waals surface area (Å²) in [6, 6.07) is 0.435. The Morgan fingerprint density at radius 1 is 1.33 bits per heavy atom. The van der Waals surface area contributed by atoms with Crippen LogP contribution < -0.4 is 10.6 Å². The second kappa shape index (κ2) is 7.17. The largest absolute Gasteiger partial charge is 0.388 e. The van der Waals surface area contributed by atoms with Crippen LogP contribution in [-0.2, 0) is 0 Å². The summed E-state index contributed by atoms with van der Waals surface area (Å²) in [7, 11) is 0. The van der Waals surface area contributed by atoms with Crippen LogP contribution in [0.1, 0.15) is 33.6 Å². The molecular formula is C10H22N2. The molecule has 2 heteroatoms. The van der Waals surface area contributed by atoms with Crippen molar-refractivity contribution < 1.29 is 0 Å². The normalized spacial score (nSPS) is 12.6. The summed E-state index contributed by atoms with van der Waals surface area (Å²) in [6.45, 7) is 12.5. The fourth-order valence-corrected chi connectivity index (χ4v) is 1.18. The maximum absolute atomic E-state index is 3.99. The van der Waals surface area contributed by atoms with Crippen LogP contribution >= 0.6 is 0 Å². The SMILES string of the molecule is C=C(NCC)C(CC)NCCC. The third-order valence-corrected chi connectivity index (χ3v) is 1.87. The molecule has 0 saturated carbocycles. The van der Waals surface area contributed by atoms with Crippen molar-refractivity contribution in [1.29, 1.82) is 0 Å². The Hall–Kier alpha value is -0.500. The molecule has 72 valence electrons. The summed E-state index contributed by atoms with van der Waals surface area (Å²) in [5.74, 6) is 0. The van der Waals surface area contributed by atoms with E-state index in [1.54, 1.807) is 0 Å². The zero-order valence-electron chi connectivity index (χ0n) is 8.61. The molecule has 0 aliphatic carbocycles. The molecule has 0 aromatic heterocycles. The molecule has 0 aliphatic heterocycles. The van der Waals surface area contributed by atoms with Crippen molar-refractivity contribution in [3.05, 3.63) is 12.3 Å². The third kappa shape index (κ3) is 4.39. The first-order chi connectivity index (χ1) is 5.76. The molecule has 1 atom stereocenters. The molecule has 1 unspecified atom stereocenters. The van der Waals surface area contributed by atoms with E-state index in [1.807, 2.05) is 0 Å². The molecule has 0 bridgehead atoms. The van der Waals surface area contributed by atoms with E-state index in [4.69, 9.17) is 0 Å². The molecule has 2 nitrogen and oxygen atoms in total. The van der Waals surface area contributed by atoms with E-state index in [-0.39, 0.29) is 0 Å². The molecule has 0 aromatic rings. The highest BCUT2D eigenvalue weighted by molar-refractivity contribution is 5.02. The predicted molar refractivity (Wildman–Crippen MR) is 55.2 cm³/mol. The quantitative estimate of drug-likeness (QED) is 0.609. The lowest BCUT2D eigenvalue weighted by atomic mass is 10.1. The highest BCUT2D eigenvalue weighted by Crippen LogP contribution is 1.99. The smallest absolute Gasteiger partial charge is 0.0460 e. The van der Waals surface area contributed by atoms with Gasteiger partial charge in [-0.25, -0.2) is 0 Å². The minimum absolute atomic E-state index is 0.435. The van der Waals surface area contributed by atoms with Crippen molar-refractivity contribution in [3.63, 3.8) is 0 Å². The van der Waals surface area contributed by atoms with Crippen LogP contribution in [0.4, 0.5) is 0 Å². The Morgan fingerprint density at radius 2 is 2.00 bits per heavy atom. The fraction of sp³-hybridized carbons (Fsp3) is 0.800. The topological polar surface area (TPSA) is 24.1 Å². The highest BCUT2D eigenvalue weighted by atomic mass is 15.0. The highest BCUT2D eigenvalue weighted by Gasteiger charge is 2.06. The number of nitrogens with one attached hydrogen (secondary N) is 2. The van der Waals surface area contributed by atoms with Crippen molar-refractivity contribution in [1.82, 2.24) is 10.6 Å². The summed E-state index contributed by atoms with van der Waals surface area (Å²) < 4.78 is 0. The lowest BCUT2D eigenvalue weighted by molar-refractivity contribution is 0.526. The van der Waals surface area contributed by atoms with Crippen molar-refractivity contribution >= 4 is 0 Å². The molecule has 2 N–H and O–H groups in total. The number of hydrogen-bond acceptors (Lipinski definition) is 2. The zero-order valence-corrected chi connectivity index (χ0v) is 8.61. The van der Waals surface area contributed by atoms with Crippen LogP contribution in [0, 0.1) is 0 Å². The van der Waals surface area contributed by atoms with Crippen molar-refractivity contribution in [3.8, 4) is 0 Å². The Labute approximate surface area is 76.4 Å². The third-order valence-electron chi connectivity index (χ3n) is 1.87. The molecule has 0 saturated heterocycles. The summed E-state index contributed by atoms with van der Waals surface area (Å²) >= 11 is 0. The molecule has 0 amide bonds. The Bertz CT molecular complexity index is 121. The van der Waals surface area contributed by atoms with Gasteiger partial charge in [0.1, 0.15) is 0 Å². The number of likely N-dealkylation sites (N-methyl/N-ethyl adjacent to an activating group) is 1. The average molecular weight is 170 g/mol. The zero-order chi connectivity index (χ0) is 9.40. The summed E-state index contributed by atoms with van der Waals surface area (Å²) in [6.07, 6.45) is 2.28. The van der Waals surface area contributed by atoms with E-state index in [1.165, 1.54) is 6.42 Å². The van der Waals surface area contributed by atoms with E-state index in [0.29, 0.717) is 6.04 Å². The van der Waals surface area contributed by atoms with E-state index in [2.05, 4.69) is 38.0 Å². The number of rotatable bonds is 7. The van der Waals surface area contributed by atoms with Gasteiger partial charge in [0.25, 0.3) is 0 Å². The lowest BCUT2D eigenvalue weighted by Crippen LogP contribution is -2.36. The first-order valence-corrected chi connectivity index (χ1v) is 4.92. The van der Waals surface area contributed by atoms with Gasteiger partial charge in [0.05, 0.1) is 0 Å². The van der Waals surface area contributed by atoms with E-state index in [0.717, 1.165) is 25.2 Å². The molecule has 0 heterocycles. The van der Waals surface area contributed by atoms with Gasteiger partial charge >= 0.3 is 0 Å². The standard InChI is InChI=1S/C10H22N2/c1-5-8-12-10(6-2)9(4)11-7-3/h10-12H,4-8H2,1-3H3. The van der Waals surface area contributed by atoms with Gasteiger partial charge in [0.2, 0.25) is 0 Å². The average Bonchev–Trinajstić information content (AvgIpc) is 2.06. The molecule has 0 fully saturated rings. The Morgan fingerprint density at radius 3 is 2.42 bits per heavy atom. The molecule has 0 spiro atoms. The monoisotopic (exact) mass is 170 g/mol. The van der Waals surface area contributed by atoms with Crippen LogP contribution in [0.2, 0.25) is 0 Å². The van der Waals surface area contributed by atoms with Gasteiger partial charge in [-0.3, -0.25) is 0 Å². The van der Waals surface area contributed by atoms with Gasteiger partial charge < -0.3 is 10.6 Å². The van der Waals surface area contributed by atoms with Crippen molar-refractivity contribution in [2.24, 2.45) is 0 Å². The van der Waals surface area contributed by atoms with Gasteiger partial charge in [-0.15, -0.1) is 0 Å². The predicted octanol–water partition coefficient (Wildman–Crippen LogP) is 1.89. The summed E-state index contributed by atoms with van der Waals surface area (Å²) in [5, 5.41) is 6.69. The summed E-state index contributed by atoms with van der Waals surface area (Å²) in [4.78, 5) is 0. The van der Waals surface area contributed by atoms with Gasteiger partial charge in [0, 0.05) is 18.3 Å². The first kappa shape index (κ1) is 11.5. The molecule has 0 radical (unpaired) electrons. The second-order valence-corrected chi connectivity index (χ2v) is 2.97. The molecule has 0 aliphatic rings. The minimum Gasteiger partial charge on any atom is -0.388 e. The second-order valence-electron chi connectivity index (χ2n) is 2.97. The molecule has 0 aromatic carbocycles. The van der Waals surface area contributed by atoms with Crippen molar-refractivity contribution in [2.75, 3.05) is 13.1 Å². The summed E-state index contributed by atoms with van der Waals surface area (Å²) in [5.41, 5.74) is 1.12. The van der Waals surface area contributed by atoms with Crippen LogP contribution in [-0.4, -0.2) is 19.1 Å².